The molecule has 0 bridgehead atoms. The molecule has 1 aromatic heterocycles. The lowest BCUT2D eigenvalue weighted by Gasteiger charge is -2.11. The Morgan fingerprint density at radius 3 is 2.46 bits per heavy atom. The van der Waals surface area contributed by atoms with Crippen molar-refractivity contribution in [2.45, 2.75) is 17.6 Å². The number of carbonyl (C=O) groups is 1. The minimum atomic E-state index is -4.57. The summed E-state index contributed by atoms with van der Waals surface area (Å²) in [5.41, 5.74) is -0.206. The molecule has 11 heteroatoms. The molecule has 3 rings (SSSR count). The molecule has 0 aliphatic heterocycles. The number of alkyl halides is 3. The number of hydrogen-bond donors (Lipinski definition) is 2. The Labute approximate surface area is 162 Å². The van der Waals surface area contributed by atoms with Gasteiger partial charge in [-0.2, -0.15) is 21.6 Å². The average Bonchev–Trinajstić information content (AvgIpc) is 3.01. The van der Waals surface area contributed by atoms with Crippen molar-refractivity contribution >= 4 is 38.7 Å². The number of fused-ring (bicyclic) bond motifs is 1. The summed E-state index contributed by atoms with van der Waals surface area (Å²) in [5.74, 6) is 0. The summed E-state index contributed by atoms with van der Waals surface area (Å²) in [7, 11) is -4.37. The van der Waals surface area contributed by atoms with Crippen LogP contribution in [-0.4, -0.2) is 23.6 Å². The van der Waals surface area contributed by atoms with Crippen LogP contribution >= 0.6 is 11.6 Å². The summed E-state index contributed by atoms with van der Waals surface area (Å²) in [6.45, 7) is -0.0700. The first-order chi connectivity index (χ1) is 13.0. The van der Waals surface area contributed by atoms with Crippen molar-refractivity contribution in [3.05, 3.63) is 64.8 Å². The molecule has 2 aromatic carbocycles. The number of hydrogen-bond acceptors (Lipinski definition) is 3. The van der Waals surface area contributed by atoms with E-state index in [0.29, 0.717) is 16.5 Å². The first-order valence-electron chi connectivity index (χ1n) is 7.69. The van der Waals surface area contributed by atoms with E-state index in [-0.39, 0.29) is 11.4 Å². The molecule has 0 fully saturated rings. The fraction of sp³-hybridized carbons (Fsp3) is 0.118. The van der Waals surface area contributed by atoms with Crippen LogP contribution < -0.4 is 5.32 Å². The van der Waals surface area contributed by atoms with Crippen molar-refractivity contribution in [2.75, 3.05) is 0 Å². The van der Waals surface area contributed by atoms with Crippen LogP contribution in [0.5, 0.6) is 0 Å². The van der Waals surface area contributed by atoms with Crippen LogP contribution in [0.3, 0.4) is 0 Å². The molecule has 2 N–H and O–H groups in total. The van der Waals surface area contributed by atoms with Crippen molar-refractivity contribution in [1.82, 2.24) is 9.88 Å². The lowest BCUT2D eigenvalue weighted by molar-refractivity contribution is -0.137. The molecule has 0 atom stereocenters. The second kappa shape index (κ2) is 7.12. The fourth-order valence-electron chi connectivity index (χ4n) is 2.62. The normalized spacial score (nSPS) is 12.3. The van der Waals surface area contributed by atoms with Crippen molar-refractivity contribution in [1.29, 1.82) is 0 Å². The van der Waals surface area contributed by atoms with Crippen molar-refractivity contribution in [2.24, 2.45) is 0 Å². The molecule has 3 aromatic rings. The Balaban J connectivity index is 1.78. The minimum absolute atomic E-state index is 0.0700. The van der Waals surface area contributed by atoms with Crippen molar-refractivity contribution < 1.29 is 30.9 Å². The number of carbonyl (C=O) groups excluding carboxylic acids is 1. The number of aromatic nitrogens is 1. The summed E-state index contributed by atoms with van der Waals surface area (Å²) in [5, 5.41) is 2.48. The van der Waals surface area contributed by atoms with Gasteiger partial charge in [-0.1, -0.05) is 17.7 Å². The van der Waals surface area contributed by atoms with E-state index in [1.807, 2.05) is 0 Å². The highest BCUT2D eigenvalue weighted by atomic mass is 35.5. The first-order valence-corrected chi connectivity index (χ1v) is 9.51. The summed E-state index contributed by atoms with van der Waals surface area (Å²) in [6.07, 6.45) is -3.17. The number of rotatable bonds is 3. The molecule has 0 aliphatic rings. The van der Waals surface area contributed by atoms with Crippen LogP contribution in [0.15, 0.2) is 53.6 Å². The lowest BCUT2D eigenvalue weighted by atomic mass is 10.1. The van der Waals surface area contributed by atoms with Crippen LogP contribution in [0.25, 0.3) is 10.9 Å². The molecule has 1 amide bonds. The minimum Gasteiger partial charge on any atom is -0.333 e. The molecule has 0 radical (unpaired) electrons. The Kier molecular flexibility index (Phi) is 5.13. The number of amides is 1. The summed E-state index contributed by atoms with van der Waals surface area (Å²) in [4.78, 5) is 12.0. The number of benzene rings is 2. The largest absolute Gasteiger partial charge is 0.417 e. The number of nitrogens with zero attached hydrogens (tertiary/aromatic N) is 1. The van der Waals surface area contributed by atoms with Gasteiger partial charge in [-0.15, -0.1) is 0 Å². The molecular formula is C17H12ClF3N2O4S. The van der Waals surface area contributed by atoms with Gasteiger partial charge in [-0.3, -0.25) is 9.12 Å². The van der Waals surface area contributed by atoms with Gasteiger partial charge in [0.25, 0.3) is 10.1 Å². The van der Waals surface area contributed by atoms with E-state index < -0.39 is 32.9 Å². The van der Waals surface area contributed by atoms with Crippen molar-refractivity contribution in [3.8, 4) is 0 Å². The third-order valence-electron chi connectivity index (χ3n) is 3.96. The molecule has 0 spiro atoms. The van der Waals surface area contributed by atoms with Gasteiger partial charge in [0.2, 0.25) is 0 Å². The third-order valence-corrected chi connectivity index (χ3v) is 5.12. The van der Waals surface area contributed by atoms with E-state index in [1.165, 1.54) is 35.0 Å². The average molecular weight is 433 g/mol. The van der Waals surface area contributed by atoms with E-state index in [4.69, 9.17) is 16.2 Å². The highest BCUT2D eigenvalue weighted by Gasteiger charge is 2.33. The van der Waals surface area contributed by atoms with Crippen LogP contribution in [0, 0.1) is 0 Å². The third kappa shape index (κ3) is 4.13. The first kappa shape index (κ1) is 20.2. The quantitative estimate of drug-likeness (QED) is 0.603. The topological polar surface area (TPSA) is 88.4 Å². The lowest BCUT2D eigenvalue weighted by Crippen LogP contribution is -2.27. The highest BCUT2D eigenvalue weighted by Crippen LogP contribution is 2.34. The second-order valence-electron chi connectivity index (χ2n) is 5.85. The Morgan fingerprint density at radius 1 is 1.14 bits per heavy atom. The molecule has 6 nitrogen and oxygen atoms in total. The summed E-state index contributed by atoms with van der Waals surface area (Å²) >= 11 is 5.65. The summed E-state index contributed by atoms with van der Waals surface area (Å²) in [6, 6.07) is 7.79. The zero-order valence-electron chi connectivity index (χ0n) is 13.9. The van der Waals surface area contributed by atoms with Gasteiger partial charge in [0.1, 0.15) is 0 Å². The smallest absolute Gasteiger partial charge is 0.333 e. The second-order valence-corrected chi connectivity index (χ2v) is 7.68. The maximum atomic E-state index is 12.7. The fourth-order valence-corrected chi connectivity index (χ4v) is 3.45. The van der Waals surface area contributed by atoms with Gasteiger partial charge in [0.05, 0.1) is 21.0 Å². The van der Waals surface area contributed by atoms with Gasteiger partial charge < -0.3 is 5.32 Å². The van der Waals surface area contributed by atoms with Gasteiger partial charge in [-0.25, -0.2) is 4.79 Å². The van der Waals surface area contributed by atoms with Gasteiger partial charge in [-0.05, 0) is 42.0 Å². The van der Waals surface area contributed by atoms with E-state index in [0.717, 1.165) is 18.2 Å². The van der Waals surface area contributed by atoms with Crippen LogP contribution in [0.4, 0.5) is 18.0 Å². The zero-order chi connectivity index (χ0) is 20.7. The predicted molar refractivity (Wildman–Crippen MR) is 95.8 cm³/mol. The maximum absolute atomic E-state index is 12.7. The predicted octanol–water partition coefficient (Wildman–Crippen LogP) is 4.32. The van der Waals surface area contributed by atoms with E-state index in [1.54, 1.807) is 0 Å². The molecular weight excluding hydrogens is 421 g/mol. The van der Waals surface area contributed by atoms with Crippen LogP contribution in [0.2, 0.25) is 5.02 Å². The molecule has 0 saturated heterocycles. The highest BCUT2D eigenvalue weighted by molar-refractivity contribution is 7.85. The van der Waals surface area contributed by atoms with E-state index in [2.05, 4.69) is 5.32 Å². The Bertz CT molecular complexity index is 1170. The van der Waals surface area contributed by atoms with Gasteiger partial charge >= 0.3 is 12.2 Å². The molecule has 0 unspecified atom stereocenters. The molecule has 0 aliphatic carbocycles. The molecule has 28 heavy (non-hydrogen) atoms. The Morgan fingerprint density at radius 2 is 1.86 bits per heavy atom. The van der Waals surface area contributed by atoms with Crippen LogP contribution in [0.1, 0.15) is 11.1 Å². The molecule has 0 saturated carbocycles. The number of nitrogens with one attached hydrogen (secondary N) is 1. The Hall–Kier alpha value is -2.56. The van der Waals surface area contributed by atoms with Gasteiger partial charge in [0.15, 0.2) is 0 Å². The zero-order valence-corrected chi connectivity index (χ0v) is 15.4. The number of halogens is 4. The van der Waals surface area contributed by atoms with E-state index in [9.17, 15) is 26.4 Å². The SMILES string of the molecule is O=C(NCc1ccc(C(F)(F)F)c(Cl)c1)n1ccc2cc(S(=O)(=O)O)ccc21. The molecule has 1 heterocycles. The standard InChI is InChI=1S/C17H12ClF3N2O4S/c18-14-7-10(1-3-13(14)17(19,20)21)9-22-16(24)23-6-5-11-8-12(28(25,26)27)2-4-15(11)23/h1-8H,9H2,(H,22,24)(H,25,26,27). The monoisotopic (exact) mass is 432 g/mol. The van der Waals surface area contributed by atoms with Crippen LogP contribution in [-0.2, 0) is 22.8 Å². The van der Waals surface area contributed by atoms with Gasteiger partial charge in [0, 0.05) is 18.1 Å². The van der Waals surface area contributed by atoms with Crippen molar-refractivity contribution in [3.63, 3.8) is 0 Å². The molecule has 148 valence electrons. The van der Waals surface area contributed by atoms with E-state index >= 15 is 0 Å². The summed E-state index contributed by atoms with van der Waals surface area (Å²) < 4.78 is 70.8. The maximum Gasteiger partial charge on any atom is 0.417 e.